The number of ether oxygens (including phenoxy) is 1. The highest BCUT2D eigenvalue weighted by atomic mass is 16.5. The van der Waals surface area contributed by atoms with Crippen LogP contribution in [0.2, 0.25) is 0 Å². The van der Waals surface area contributed by atoms with Crippen molar-refractivity contribution in [2.24, 2.45) is 7.05 Å². The largest absolute Gasteiger partial charge is 0.486 e. The van der Waals surface area contributed by atoms with E-state index in [1.165, 1.54) is 22.7 Å². The zero-order chi connectivity index (χ0) is 23.0. The Labute approximate surface area is 193 Å². The average molecular weight is 445 g/mol. The molecule has 3 aromatic rings. The van der Waals surface area contributed by atoms with Gasteiger partial charge in [-0.25, -0.2) is 0 Å². The van der Waals surface area contributed by atoms with E-state index in [0.717, 1.165) is 38.0 Å². The molecule has 1 N–H and O–H groups in total. The van der Waals surface area contributed by atoms with Crippen LogP contribution < -0.4 is 4.74 Å². The van der Waals surface area contributed by atoms with E-state index in [-0.39, 0.29) is 11.6 Å². The number of benzene rings is 2. The predicted octanol–water partition coefficient (Wildman–Crippen LogP) is 3.75. The van der Waals surface area contributed by atoms with Crippen LogP contribution in [0.3, 0.4) is 0 Å². The summed E-state index contributed by atoms with van der Waals surface area (Å²) in [6.45, 7) is 2.13. The molecule has 1 saturated heterocycles. The highest BCUT2D eigenvalue weighted by Gasteiger charge is 2.43. The zero-order valence-electron chi connectivity index (χ0n) is 18.8. The maximum Gasteiger partial charge on any atom is 0.181 e. The molecular weight excluding hydrogens is 416 g/mol. The number of fused-ring (bicyclic) bond motifs is 2. The minimum Gasteiger partial charge on any atom is -0.486 e. The van der Waals surface area contributed by atoms with Crippen LogP contribution in [-0.4, -0.2) is 51.4 Å². The second-order valence-corrected chi connectivity index (χ2v) is 9.13. The van der Waals surface area contributed by atoms with Gasteiger partial charge in [0.2, 0.25) is 0 Å². The number of hydrogen-bond acceptors (Lipinski definition) is 5. The van der Waals surface area contributed by atoms with Crippen molar-refractivity contribution < 1.29 is 19.4 Å². The molecule has 2 aromatic carbocycles. The van der Waals surface area contributed by atoms with Gasteiger partial charge in [0.15, 0.2) is 11.6 Å². The molecule has 33 heavy (non-hydrogen) atoms. The Kier molecular flexibility index (Phi) is 5.64. The lowest BCUT2D eigenvalue weighted by Gasteiger charge is -2.44. The van der Waals surface area contributed by atoms with Crippen LogP contribution in [0.15, 0.2) is 54.6 Å². The van der Waals surface area contributed by atoms with E-state index in [1.807, 2.05) is 12.1 Å². The fourth-order valence-electron chi connectivity index (χ4n) is 4.98. The molecular formula is C27H28N2O4. The number of carbonyl (C=O) groups excluding carboxylic acids is 2. The van der Waals surface area contributed by atoms with Crippen molar-refractivity contribution >= 4 is 28.5 Å². The Morgan fingerprint density at radius 1 is 1.15 bits per heavy atom. The number of ketones is 2. The Morgan fingerprint density at radius 3 is 2.70 bits per heavy atom. The summed E-state index contributed by atoms with van der Waals surface area (Å²) in [7, 11) is 2.12. The van der Waals surface area contributed by atoms with E-state index in [1.54, 1.807) is 12.1 Å². The first-order valence-corrected chi connectivity index (χ1v) is 11.4. The third-order valence-electron chi connectivity index (χ3n) is 6.93. The van der Waals surface area contributed by atoms with Gasteiger partial charge in [0.1, 0.15) is 18.0 Å². The molecule has 3 heterocycles. The molecule has 5 rings (SSSR count). The van der Waals surface area contributed by atoms with E-state index in [2.05, 4.69) is 46.8 Å². The number of nitrogens with zero attached hydrogens (tertiary/aromatic N) is 2. The number of aryl methyl sites for hydroxylation is 1. The number of para-hydroxylation sites is 1. The van der Waals surface area contributed by atoms with Crippen LogP contribution in [0.25, 0.3) is 17.0 Å². The molecule has 1 fully saturated rings. The first-order chi connectivity index (χ1) is 16.0. The molecule has 2 aliphatic heterocycles. The summed E-state index contributed by atoms with van der Waals surface area (Å²) >= 11 is 0. The van der Waals surface area contributed by atoms with E-state index < -0.39 is 12.2 Å². The Morgan fingerprint density at radius 2 is 1.94 bits per heavy atom. The topological polar surface area (TPSA) is 71.8 Å². The summed E-state index contributed by atoms with van der Waals surface area (Å²) < 4.78 is 8.68. The maximum absolute atomic E-state index is 13.0. The minimum atomic E-state index is -0.524. The lowest BCUT2D eigenvalue weighted by atomic mass is 9.82. The van der Waals surface area contributed by atoms with Crippen LogP contribution >= 0.6 is 0 Å². The number of aromatic nitrogens is 1. The smallest absolute Gasteiger partial charge is 0.181 e. The average Bonchev–Trinajstić information content (AvgIpc) is 3.14. The summed E-state index contributed by atoms with van der Waals surface area (Å²) in [4.78, 5) is 26.7. The third kappa shape index (κ3) is 4.24. The molecule has 6 heteroatoms. The number of likely N-dealkylation sites (tertiary alicyclic amines) is 1. The van der Waals surface area contributed by atoms with Crippen molar-refractivity contribution in [1.29, 1.82) is 0 Å². The Hall–Kier alpha value is -3.22. The van der Waals surface area contributed by atoms with Crippen LogP contribution in [0.1, 0.15) is 40.9 Å². The predicted molar refractivity (Wildman–Crippen MR) is 127 cm³/mol. The molecule has 0 saturated carbocycles. The number of aliphatic hydroxyl groups excluding tert-OH is 1. The number of carbonyl (C=O) groups is 2. The van der Waals surface area contributed by atoms with Crippen molar-refractivity contribution in [3.63, 3.8) is 0 Å². The van der Waals surface area contributed by atoms with Gasteiger partial charge in [0.05, 0.1) is 12.0 Å². The molecule has 0 atom stereocenters. The molecule has 0 amide bonds. The number of rotatable bonds is 5. The molecule has 1 aromatic heterocycles. The molecule has 6 nitrogen and oxygen atoms in total. The number of aliphatic hydroxyl groups is 1. The van der Waals surface area contributed by atoms with Crippen molar-refractivity contribution in [3.8, 4) is 5.75 Å². The van der Waals surface area contributed by atoms with Gasteiger partial charge in [0, 0.05) is 50.7 Å². The van der Waals surface area contributed by atoms with Gasteiger partial charge >= 0.3 is 0 Å². The number of Topliss-reactive ketones (excluding diaryl/α,β-unsaturated/α-hetero) is 1. The van der Waals surface area contributed by atoms with Gasteiger partial charge < -0.3 is 14.4 Å². The van der Waals surface area contributed by atoms with Gasteiger partial charge in [0.25, 0.3) is 0 Å². The summed E-state index contributed by atoms with van der Waals surface area (Å²) in [6, 6.07) is 16.1. The molecule has 0 bridgehead atoms. The minimum absolute atomic E-state index is 0.0853. The highest BCUT2D eigenvalue weighted by molar-refractivity contribution is 6.01. The fourth-order valence-corrected chi connectivity index (χ4v) is 4.98. The van der Waals surface area contributed by atoms with Crippen LogP contribution in [0.4, 0.5) is 0 Å². The van der Waals surface area contributed by atoms with Gasteiger partial charge in [-0.3, -0.25) is 14.5 Å². The van der Waals surface area contributed by atoms with Crippen LogP contribution in [0, 0.1) is 0 Å². The van der Waals surface area contributed by atoms with E-state index >= 15 is 0 Å². The van der Waals surface area contributed by atoms with Gasteiger partial charge in [-0.2, -0.15) is 0 Å². The van der Waals surface area contributed by atoms with Crippen molar-refractivity contribution in [2.45, 2.75) is 31.4 Å². The zero-order valence-corrected chi connectivity index (χ0v) is 18.8. The Balaban J connectivity index is 1.26. The summed E-state index contributed by atoms with van der Waals surface area (Å²) in [5.41, 5.74) is 3.40. The van der Waals surface area contributed by atoms with Crippen molar-refractivity contribution in [3.05, 3.63) is 71.4 Å². The lowest BCUT2D eigenvalue weighted by molar-refractivity contribution is -0.117. The summed E-state index contributed by atoms with van der Waals surface area (Å²) in [6.07, 6.45) is 4.94. The lowest BCUT2D eigenvalue weighted by Crippen LogP contribution is -2.50. The first kappa shape index (κ1) is 21.6. The number of piperidine rings is 1. The molecule has 170 valence electrons. The van der Waals surface area contributed by atoms with Crippen LogP contribution in [0.5, 0.6) is 5.75 Å². The van der Waals surface area contributed by atoms with Crippen LogP contribution in [-0.2, 0) is 18.4 Å². The second-order valence-electron chi connectivity index (χ2n) is 9.13. The molecule has 0 aliphatic carbocycles. The second kappa shape index (κ2) is 8.61. The molecule has 2 aliphatic rings. The summed E-state index contributed by atoms with van der Waals surface area (Å²) in [5, 5.41) is 10.1. The maximum atomic E-state index is 13.0. The van der Waals surface area contributed by atoms with E-state index in [0.29, 0.717) is 17.7 Å². The van der Waals surface area contributed by atoms with Crippen molar-refractivity contribution in [1.82, 2.24) is 9.47 Å². The SMILES string of the molecule is Cn1c(CN2CCC3(CC2)CC(=O)c2cc(/C=C/C(=O)CO)ccc2O3)cc2ccccc21. The Bertz CT molecular complexity index is 1250. The van der Waals surface area contributed by atoms with E-state index in [4.69, 9.17) is 9.84 Å². The number of hydrogen-bond donors (Lipinski definition) is 1. The third-order valence-corrected chi connectivity index (χ3v) is 6.93. The molecule has 0 unspecified atom stereocenters. The fraction of sp³-hybridized carbons (Fsp3) is 0.333. The standard InChI is InChI=1S/C27H28N2O4/c1-28-21(15-20-4-2-3-5-24(20)28)17-29-12-10-27(11-13-29)16-25(32)23-14-19(6-8-22(31)18-30)7-9-26(23)33-27/h2-9,14-15,30H,10-13,16-18H2,1H3/b8-6+. The highest BCUT2D eigenvalue weighted by Crippen LogP contribution is 2.40. The first-order valence-electron chi connectivity index (χ1n) is 11.4. The van der Waals surface area contributed by atoms with Crippen molar-refractivity contribution in [2.75, 3.05) is 19.7 Å². The van der Waals surface area contributed by atoms with E-state index in [9.17, 15) is 9.59 Å². The van der Waals surface area contributed by atoms with Gasteiger partial charge in [-0.1, -0.05) is 30.3 Å². The quantitative estimate of drug-likeness (QED) is 0.607. The van der Waals surface area contributed by atoms with Gasteiger partial charge in [-0.15, -0.1) is 0 Å². The monoisotopic (exact) mass is 444 g/mol. The molecule has 1 spiro atoms. The van der Waals surface area contributed by atoms with Gasteiger partial charge in [-0.05, 0) is 41.3 Å². The molecule has 0 radical (unpaired) electrons. The summed E-state index contributed by atoms with van der Waals surface area (Å²) in [5.74, 6) is 0.339. The normalized spacial score (nSPS) is 18.1.